The Bertz CT molecular complexity index is 599. The molecule has 1 aromatic carbocycles. The quantitative estimate of drug-likeness (QED) is 0.853. The monoisotopic (exact) mass is 255 g/mol. The number of aromatic nitrogens is 2. The number of hydrogen-bond acceptors (Lipinski definition) is 2. The Balaban J connectivity index is 2.15. The van der Waals surface area contributed by atoms with Crippen LogP contribution in [0.25, 0.3) is 5.69 Å². The number of amides is 1. The Morgan fingerprint density at radius 3 is 2.68 bits per heavy atom. The summed E-state index contributed by atoms with van der Waals surface area (Å²) in [5, 5.41) is 2.79. The predicted octanol–water partition coefficient (Wildman–Crippen LogP) is 2.37. The molecule has 2 rings (SSSR count). The molecular formula is C15H17N3O. The second kappa shape index (κ2) is 5.52. The molecule has 0 atom stereocenters. The van der Waals surface area contributed by atoms with Crippen molar-refractivity contribution in [3.8, 4) is 5.69 Å². The van der Waals surface area contributed by atoms with E-state index >= 15 is 0 Å². The molecular weight excluding hydrogens is 238 g/mol. The standard InChI is InChI=1S/C15H17N3O/c1-11(2)15(19)16-9-14-12(3)18(10-17-14)13-7-5-4-6-8-13/h4-8,10H,1,9H2,2-3H3,(H,16,19). The lowest BCUT2D eigenvalue weighted by molar-refractivity contribution is -0.117. The first-order valence-electron chi connectivity index (χ1n) is 6.11. The third-order valence-corrected chi connectivity index (χ3v) is 2.95. The Kier molecular flexibility index (Phi) is 3.80. The van der Waals surface area contributed by atoms with Gasteiger partial charge in [0.2, 0.25) is 5.91 Å². The van der Waals surface area contributed by atoms with Crippen molar-refractivity contribution >= 4 is 5.91 Å². The molecule has 1 aromatic heterocycles. The molecule has 1 heterocycles. The summed E-state index contributed by atoms with van der Waals surface area (Å²) in [5.41, 5.74) is 3.44. The SMILES string of the molecule is C=C(C)C(=O)NCc1ncn(-c2ccccc2)c1C. The fourth-order valence-electron chi connectivity index (χ4n) is 1.78. The smallest absolute Gasteiger partial charge is 0.246 e. The fourth-order valence-corrected chi connectivity index (χ4v) is 1.78. The van der Waals surface area contributed by atoms with Crippen molar-refractivity contribution in [2.45, 2.75) is 20.4 Å². The highest BCUT2D eigenvalue weighted by Gasteiger charge is 2.09. The van der Waals surface area contributed by atoms with E-state index in [1.165, 1.54) is 0 Å². The van der Waals surface area contributed by atoms with Crippen LogP contribution in [0, 0.1) is 6.92 Å². The zero-order valence-corrected chi connectivity index (χ0v) is 11.2. The average Bonchev–Trinajstić information content (AvgIpc) is 2.78. The highest BCUT2D eigenvalue weighted by molar-refractivity contribution is 5.91. The number of hydrogen-bond donors (Lipinski definition) is 1. The number of imidazole rings is 1. The van der Waals surface area contributed by atoms with E-state index in [-0.39, 0.29) is 5.91 Å². The zero-order chi connectivity index (χ0) is 13.8. The van der Waals surface area contributed by atoms with Gasteiger partial charge in [-0.1, -0.05) is 24.8 Å². The van der Waals surface area contributed by atoms with Crippen LogP contribution in [0.3, 0.4) is 0 Å². The van der Waals surface area contributed by atoms with E-state index in [2.05, 4.69) is 16.9 Å². The van der Waals surface area contributed by atoms with Gasteiger partial charge in [0, 0.05) is 17.0 Å². The third-order valence-electron chi connectivity index (χ3n) is 2.95. The summed E-state index contributed by atoms with van der Waals surface area (Å²) in [6.07, 6.45) is 1.77. The van der Waals surface area contributed by atoms with Gasteiger partial charge in [0.1, 0.15) is 0 Å². The first kappa shape index (κ1) is 13.1. The maximum atomic E-state index is 11.5. The molecule has 0 fully saturated rings. The fraction of sp³-hybridized carbons (Fsp3) is 0.200. The molecule has 0 aliphatic rings. The minimum Gasteiger partial charge on any atom is -0.347 e. The van der Waals surface area contributed by atoms with Gasteiger partial charge in [-0.05, 0) is 26.0 Å². The molecule has 98 valence electrons. The van der Waals surface area contributed by atoms with Crippen LogP contribution >= 0.6 is 0 Å². The van der Waals surface area contributed by atoms with Gasteiger partial charge < -0.3 is 9.88 Å². The van der Waals surface area contributed by atoms with Gasteiger partial charge >= 0.3 is 0 Å². The van der Waals surface area contributed by atoms with Crippen molar-refractivity contribution in [1.82, 2.24) is 14.9 Å². The van der Waals surface area contributed by atoms with Crippen LogP contribution < -0.4 is 5.32 Å². The lowest BCUT2D eigenvalue weighted by Crippen LogP contribution is -2.23. The number of benzene rings is 1. The minimum absolute atomic E-state index is 0.145. The molecule has 0 radical (unpaired) electrons. The molecule has 0 spiro atoms. The summed E-state index contributed by atoms with van der Waals surface area (Å²) in [4.78, 5) is 15.8. The van der Waals surface area contributed by atoms with Gasteiger partial charge in [-0.2, -0.15) is 0 Å². The lowest BCUT2D eigenvalue weighted by atomic mass is 10.2. The van der Waals surface area contributed by atoms with Gasteiger partial charge in [-0.25, -0.2) is 4.98 Å². The maximum absolute atomic E-state index is 11.5. The lowest BCUT2D eigenvalue weighted by Gasteiger charge is -2.06. The van der Waals surface area contributed by atoms with Crippen LogP contribution in [-0.4, -0.2) is 15.5 Å². The summed E-state index contributed by atoms with van der Waals surface area (Å²) < 4.78 is 2.00. The molecule has 4 nitrogen and oxygen atoms in total. The predicted molar refractivity (Wildman–Crippen MR) is 75.0 cm³/mol. The summed E-state index contributed by atoms with van der Waals surface area (Å²) >= 11 is 0. The molecule has 0 aliphatic heterocycles. The zero-order valence-electron chi connectivity index (χ0n) is 11.2. The molecule has 0 saturated heterocycles. The first-order valence-corrected chi connectivity index (χ1v) is 6.11. The highest BCUT2D eigenvalue weighted by Crippen LogP contribution is 2.13. The topological polar surface area (TPSA) is 46.9 Å². The van der Waals surface area contributed by atoms with Crippen LogP contribution in [0.4, 0.5) is 0 Å². The molecule has 4 heteroatoms. The van der Waals surface area contributed by atoms with Crippen LogP contribution in [0.5, 0.6) is 0 Å². The summed E-state index contributed by atoms with van der Waals surface area (Å²) in [6, 6.07) is 9.98. The average molecular weight is 255 g/mol. The van der Waals surface area contributed by atoms with E-state index in [1.807, 2.05) is 41.8 Å². The van der Waals surface area contributed by atoms with E-state index in [9.17, 15) is 4.79 Å². The van der Waals surface area contributed by atoms with E-state index in [0.29, 0.717) is 12.1 Å². The van der Waals surface area contributed by atoms with Crippen molar-refractivity contribution < 1.29 is 4.79 Å². The van der Waals surface area contributed by atoms with Crippen molar-refractivity contribution in [3.63, 3.8) is 0 Å². The minimum atomic E-state index is -0.145. The van der Waals surface area contributed by atoms with Gasteiger partial charge in [0.15, 0.2) is 0 Å². The van der Waals surface area contributed by atoms with Crippen LogP contribution in [0.2, 0.25) is 0 Å². The summed E-state index contributed by atoms with van der Waals surface area (Å²) in [7, 11) is 0. The van der Waals surface area contributed by atoms with Crippen molar-refractivity contribution in [2.24, 2.45) is 0 Å². The van der Waals surface area contributed by atoms with Gasteiger partial charge in [0.25, 0.3) is 0 Å². The normalized spacial score (nSPS) is 10.2. The van der Waals surface area contributed by atoms with Gasteiger partial charge in [-0.15, -0.1) is 0 Å². The molecule has 0 saturated carbocycles. The highest BCUT2D eigenvalue weighted by atomic mass is 16.1. The maximum Gasteiger partial charge on any atom is 0.246 e. The molecule has 0 bridgehead atoms. The van der Waals surface area contributed by atoms with E-state index < -0.39 is 0 Å². The largest absolute Gasteiger partial charge is 0.347 e. The van der Waals surface area contributed by atoms with Crippen molar-refractivity contribution in [3.05, 3.63) is 60.2 Å². The number of carbonyl (C=O) groups is 1. The number of nitrogens with one attached hydrogen (secondary N) is 1. The summed E-state index contributed by atoms with van der Waals surface area (Å²) in [6.45, 7) is 7.69. The number of nitrogens with zero attached hydrogens (tertiary/aromatic N) is 2. The van der Waals surface area contributed by atoms with Crippen molar-refractivity contribution in [1.29, 1.82) is 0 Å². The molecule has 2 aromatic rings. The third kappa shape index (κ3) is 2.91. The Morgan fingerprint density at radius 2 is 2.05 bits per heavy atom. The van der Waals surface area contributed by atoms with Crippen LogP contribution in [0.15, 0.2) is 48.8 Å². The Morgan fingerprint density at radius 1 is 1.37 bits per heavy atom. The second-order valence-electron chi connectivity index (χ2n) is 4.45. The molecule has 1 N–H and O–H groups in total. The second-order valence-corrected chi connectivity index (χ2v) is 4.45. The number of carbonyl (C=O) groups excluding carboxylic acids is 1. The molecule has 0 aliphatic carbocycles. The molecule has 1 amide bonds. The van der Waals surface area contributed by atoms with Crippen LogP contribution in [-0.2, 0) is 11.3 Å². The molecule has 19 heavy (non-hydrogen) atoms. The van der Waals surface area contributed by atoms with Crippen LogP contribution in [0.1, 0.15) is 18.3 Å². The first-order chi connectivity index (χ1) is 9.09. The molecule has 0 unspecified atom stereocenters. The van der Waals surface area contributed by atoms with Gasteiger partial charge in [-0.3, -0.25) is 4.79 Å². The van der Waals surface area contributed by atoms with Gasteiger partial charge in [0.05, 0.1) is 18.6 Å². The number of rotatable bonds is 4. The number of para-hydroxylation sites is 1. The Hall–Kier alpha value is -2.36. The van der Waals surface area contributed by atoms with E-state index in [1.54, 1.807) is 13.3 Å². The van der Waals surface area contributed by atoms with E-state index in [4.69, 9.17) is 0 Å². The van der Waals surface area contributed by atoms with Crippen molar-refractivity contribution in [2.75, 3.05) is 0 Å². The summed E-state index contributed by atoms with van der Waals surface area (Å²) in [5.74, 6) is -0.145. The van der Waals surface area contributed by atoms with E-state index in [0.717, 1.165) is 17.1 Å². The Labute approximate surface area is 112 Å².